The first-order chi connectivity index (χ1) is 15.8. The van der Waals surface area contributed by atoms with Crippen LogP contribution >= 0.6 is 0 Å². The van der Waals surface area contributed by atoms with Gasteiger partial charge >= 0.3 is 11.9 Å². The number of allylic oxidation sites excluding steroid dienone is 2. The van der Waals surface area contributed by atoms with E-state index in [9.17, 15) is 14.7 Å². The number of ether oxygens (including phenoxy) is 1. The Bertz CT molecular complexity index is 899. The second kappa shape index (κ2) is 7.84. The van der Waals surface area contributed by atoms with Gasteiger partial charge in [0.2, 0.25) is 0 Å². The van der Waals surface area contributed by atoms with E-state index >= 15 is 0 Å². The minimum absolute atomic E-state index is 0.0167. The van der Waals surface area contributed by atoms with Crippen LogP contribution in [-0.2, 0) is 14.3 Å². The van der Waals surface area contributed by atoms with Gasteiger partial charge in [0, 0.05) is 12.3 Å². The average Bonchev–Trinajstić information content (AvgIpc) is 2.74. The van der Waals surface area contributed by atoms with Gasteiger partial charge in [-0.2, -0.15) is 0 Å². The molecule has 0 aromatic rings. The maximum Gasteiger partial charge on any atom is 0.310 e. The van der Waals surface area contributed by atoms with Crippen LogP contribution in [0.25, 0.3) is 0 Å². The predicted molar refractivity (Wildman–Crippen MR) is 133 cm³/mol. The highest BCUT2D eigenvalue weighted by molar-refractivity contribution is 5.76. The van der Waals surface area contributed by atoms with E-state index in [4.69, 9.17) is 4.74 Å². The van der Waals surface area contributed by atoms with Gasteiger partial charge < -0.3 is 9.84 Å². The molecule has 0 aromatic heterocycles. The summed E-state index contributed by atoms with van der Waals surface area (Å²) >= 11 is 0. The summed E-state index contributed by atoms with van der Waals surface area (Å²) in [7, 11) is 0. The van der Waals surface area contributed by atoms with E-state index in [1.165, 1.54) is 18.4 Å². The van der Waals surface area contributed by atoms with Crippen molar-refractivity contribution in [2.24, 2.45) is 51.2 Å². The number of aliphatic carboxylic acids is 1. The van der Waals surface area contributed by atoms with Crippen LogP contribution in [0.15, 0.2) is 11.6 Å². The minimum Gasteiger partial charge on any atom is -0.481 e. The molecule has 4 heteroatoms. The van der Waals surface area contributed by atoms with Crippen LogP contribution in [0.2, 0.25) is 0 Å². The van der Waals surface area contributed by atoms with Gasteiger partial charge in [-0.05, 0) is 105 Å². The molecule has 0 aliphatic heterocycles. The third-order valence-corrected chi connectivity index (χ3v) is 11.9. The normalized spacial score (nSPS) is 46.6. The van der Waals surface area contributed by atoms with Gasteiger partial charge in [0.25, 0.3) is 0 Å². The van der Waals surface area contributed by atoms with E-state index in [2.05, 4.69) is 40.7 Å². The Hall–Kier alpha value is -1.32. The molecule has 0 saturated heterocycles. The Morgan fingerprint density at radius 2 is 1.59 bits per heavy atom. The summed E-state index contributed by atoms with van der Waals surface area (Å²) in [5, 5.41) is 10.4. The summed E-state index contributed by atoms with van der Waals surface area (Å²) in [6.45, 7) is 13.4. The van der Waals surface area contributed by atoms with Crippen molar-refractivity contribution in [3.8, 4) is 0 Å². The number of fused-ring (bicyclic) bond motifs is 7. The molecule has 4 saturated carbocycles. The molecule has 0 unspecified atom stereocenters. The van der Waals surface area contributed by atoms with E-state index < -0.39 is 11.4 Å². The summed E-state index contributed by atoms with van der Waals surface area (Å²) in [6, 6.07) is 0. The van der Waals surface area contributed by atoms with Crippen molar-refractivity contribution in [3.05, 3.63) is 11.6 Å². The number of esters is 1. The second-order valence-electron chi connectivity index (χ2n) is 14.3. The monoisotopic (exact) mass is 470 g/mol. The molecule has 34 heavy (non-hydrogen) atoms. The Morgan fingerprint density at radius 1 is 0.912 bits per heavy atom. The van der Waals surface area contributed by atoms with Crippen LogP contribution in [0, 0.1) is 51.2 Å². The van der Waals surface area contributed by atoms with Crippen molar-refractivity contribution >= 4 is 11.9 Å². The third-order valence-electron chi connectivity index (χ3n) is 11.9. The lowest BCUT2D eigenvalue weighted by atomic mass is 9.40. The van der Waals surface area contributed by atoms with Gasteiger partial charge in [0.05, 0.1) is 5.41 Å². The van der Waals surface area contributed by atoms with E-state index in [1.54, 1.807) is 6.92 Å². The molecule has 4 fully saturated rings. The van der Waals surface area contributed by atoms with Crippen LogP contribution in [0.4, 0.5) is 0 Å². The zero-order valence-electron chi connectivity index (χ0n) is 22.3. The highest BCUT2D eigenvalue weighted by atomic mass is 16.5. The molecule has 5 rings (SSSR count). The molecule has 190 valence electrons. The molecule has 0 amide bonds. The fourth-order valence-corrected chi connectivity index (χ4v) is 9.94. The van der Waals surface area contributed by atoms with Crippen molar-refractivity contribution in [1.29, 1.82) is 0 Å². The van der Waals surface area contributed by atoms with E-state index in [0.29, 0.717) is 23.7 Å². The summed E-state index contributed by atoms with van der Waals surface area (Å²) < 4.78 is 5.80. The van der Waals surface area contributed by atoms with Crippen LogP contribution in [0.1, 0.15) is 106 Å². The standard InChI is InChI=1S/C30H46O4/c1-18(31)34-25-12-8-19-20-7-9-23-24-17-27(2,3)13-15-30(24,26(32)33)16-14-29(23,6)22(20)11-10-21(19)28(25,4)5/h9,19-22,24-25H,7-8,10-17H2,1-6H3,(H,32,33)/t19-,20-,21-,22-,24-,25-,29-,30+/m0/s1. The minimum atomic E-state index is -0.549. The molecule has 8 atom stereocenters. The number of hydrogen-bond donors (Lipinski definition) is 1. The Morgan fingerprint density at radius 3 is 2.26 bits per heavy atom. The first kappa shape index (κ1) is 24.4. The first-order valence-corrected chi connectivity index (χ1v) is 13.9. The molecule has 5 aliphatic carbocycles. The number of carbonyl (C=O) groups is 2. The zero-order valence-corrected chi connectivity index (χ0v) is 22.3. The molecule has 0 aromatic carbocycles. The molecule has 0 spiro atoms. The summed E-state index contributed by atoms with van der Waals surface area (Å²) in [6.07, 6.45) is 13.0. The van der Waals surface area contributed by atoms with Gasteiger partial charge in [0.1, 0.15) is 6.10 Å². The van der Waals surface area contributed by atoms with Crippen LogP contribution in [-0.4, -0.2) is 23.1 Å². The maximum absolute atomic E-state index is 12.7. The highest BCUT2D eigenvalue weighted by Gasteiger charge is 2.63. The molecule has 5 aliphatic rings. The van der Waals surface area contributed by atoms with Crippen LogP contribution in [0.5, 0.6) is 0 Å². The van der Waals surface area contributed by atoms with E-state index in [0.717, 1.165) is 51.4 Å². The second-order valence-corrected chi connectivity index (χ2v) is 14.3. The third kappa shape index (κ3) is 3.44. The lowest BCUT2D eigenvalue weighted by Gasteiger charge is -2.64. The summed E-state index contributed by atoms with van der Waals surface area (Å²) in [5.41, 5.74) is 1.34. The van der Waals surface area contributed by atoms with Crippen LogP contribution in [0.3, 0.4) is 0 Å². The number of hydrogen-bond acceptors (Lipinski definition) is 3. The largest absolute Gasteiger partial charge is 0.481 e. The Balaban J connectivity index is 1.47. The SMILES string of the molecule is CC(=O)O[C@H]1CC[C@H]2[C@@H]3CC=C4[C@@H]5CC(C)(C)CC[C@@]5(C(=O)O)CC[C@@]4(C)[C@H]3CC[C@@H]2C1(C)C. The van der Waals surface area contributed by atoms with Crippen molar-refractivity contribution in [1.82, 2.24) is 0 Å². The van der Waals surface area contributed by atoms with Gasteiger partial charge in [-0.15, -0.1) is 0 Å². The Kier molecular flexibility index (Phi) is 5.62. The first-order valence-electron chi connectivity index (χ1n) is 13.9. The number of rotatable bonds is 2. The molecule has 4 nitrogen and oxygen atoms in total. The van der Waals surface area contributed by atoms with Crippen LogP contribution < -0.4 is 0 Å². The average molecular weight is 471 g/mol. The lowest BCUT2D eigenvalue weighted by molar-refractivity contribution is -0.172. The molecular formula is C30H46O4. The van der Waals surface area contributed by atoms with Crippen molar-refractivity contribution in [3.63, 3.8) is 0 Å². The van der Waals surface area contributed by atoms with E-state index in [-0.39, 0.29) is 34.2 Å². The Labute approximate surface area is 206 Å². The lowest BCUT2D eigenvalue weighted by Crippen LogP contribution is -2.58. The van der Waals surface area contributed by atoms with Crippen molar-refractivity contribution in [2.45, 2.75) is 112 Å². The molecule has 0 bridgehead atoms. The highest BCUT2D eigenvalue weighted by Crippen LogP contribution is 2.69. The van der Waals surface area contributed by atoms with Gasteiger partial charge in [-0.3, -0.25) is 9.59 Å². The van der Waals surface area contributed by atoms with Gasteiger partial charge in [0.15, 0.2) is 0 Å². The molecule has 0 heterocycles. The molecule has 1 N–H and O–H groups in total. The maximum atomic E-state index is 12.7. The number of carbonyl (C=O) groups excluding carboxylic acids is 1. The number of carboxylic acid groups (broad SMARTS) is 1. The zero-order chi connectivity index (χ0) is 24.7. The predicted octanol–water partition coefficient (Wildman–Crippen LogP) is 7.02. The molecule has 0 radical (unpaired) electrons. The fourth-order valence-electron chi connectivity index (χ4n) is 9.94. The van der Waals surface area contributed by atoms with Crippen molar-refractivity contribution in [2.75, 3.05) is 0 Å². The smallest absolute Gasteiger partial charge is 0.310 e. The summed E-state index contributed by atoms with van der Waals surface area (Å²) in [5.74, 6) is 2.12. The van der Waals surface area contributed by atoms with Crippen molar-refractivity contribution < 1.29 is 19.4 Å². The van der Waals surface area contributed by atoms with Gasteiger partial charge in [-0.1, -0.05) is 46.3 Å². The fraction of sp³-hybridized carbons (Fsp3) is 0.867. The quantitative estimate of drug-likeness (QED) is 0.348. The van der Waals surface area contributed by atoms with E-state index in [1.807, 2.05) is 0 Å². The molecular weight excluding hydrogens is 424 g/mol. The number of carboxylic acids is 1. The topological polar surface area (TPSA) is 63.6 Å². The summed E-state index contributed by atoms with van der Waals surface area (Å²) in [4.78, 5) is 24.4. The van der Waals surface area contributed by atoms with Gasteiger partial charge in [-0.25, -0.2) is 0 Å².